The van der Waals surface area contributed by atoms with Gasteiger partial charge in [0.25, 0.3) is 0 Å². The maximum absolute atomic E-state index is 6.25. The zero-order valence-electron chi connectivity index (χ0n) is 11.9. The van der Waals surface area contributed by atoms with Crippen LogP contribution >= 0.6 is 35.0 Å². The first-order chi connectivity index (χ1) is 10.8. The maximum atomic E-state index is 6.25. The van der Waals surface area contributed by atoms with Crippen molar-refractivity contribution in [3.05, 3.63) is 63.6 Å². The van der Waals surface area contributed by atoms with Crippen molar-refractivity contribution in [3.63, 3.8) is 0 Å². The van der Waals surface area contributed by atoms with Crippen molar-refractivity contribution in [1.29, 1.82) is 0 Å². The number of nitrogens with zero attached hydrogens (tertiary/aromatic N) is 1. The van der Waals surface area contributed by atoms with Crippen molar-refractivity contribution >= 4 is 41.2 Å². The molecule has 1 atom stereocenters. The molecule has 5 heteroatoms. The summed E-state index contributed by atoms with van der Waals surface area (Å²) >= 11 is 14.2. The zero-order chi connectivity index (χ0) is 15.4. The van der Waals surface area contributed by atoms with Crippen LogP contribution in [-0.4, -0.2) is 12.8 Å². The molecule has 2 aromatic carbocycles. The Bertz CT molecular complexity index is 668. The molecule has 0 aliphatic carbocycles. The van der Waals surface area contributed by atoms with Crippen molar-refractivity contribution in [1.82, 2.24) is 5.32 Å². The number of thioether (sulfide) groups is 1. The molecular weight excluding hydrogens is 335 g/mol. The first kappa shape index (κ1) is 15.9. The molecule has 2 aromatic rings. The molecule has 1 heterocycles. The van der Waals surface area contributed by atoms with Crippen LogP contribution in [0.4, 0.5) is 0 Å². The minimum atomic E-state index is 0.0409. The van der Waals surface area contributed by atoms with E-state index >= 15 is 0 Å². The molecule has 1 unspecified atom stereocenters. The van der Waals surface area contributed by atoms with Crippen molar-refractivity contribution in [2.45, 2.75) is 23.2 Å². The van der Waals surface area contributed by atoms with Gasteiger partial charge in [-0.25, -0.2) is 0 Å². The Hall–Kier alpha value is -1.00. The Morgan fingerprint density at radius 2 is 1.86 bits per heavy atom. The van der Waals surface area contributed by atoms with Gasteiger partial charge in [-0.05, 0) is 30.2 Å². The SMILES string of the molecule is Clc1cccc(Cl)c1CSc1ccccc1C1N=CCCN1. The molecule has 114 valence electrons. The van der Waals surface area contributed by atoms with E-state index in [2.05, 4.69) is 22.4 Å². The maximum Gasteiger partial charge on any atom is 0.126 e. The number of benzene rings is 2. The van der Waals surface area contributed by atoms with Crippen molar-refractivity contribution < 1.29 is 0 Å². The Morgan fingerprint density at radius 1 is 1.09 bits per heavy atom. The molecule has 0 fully saturated rings. The number of hydrogen-bond acceptors (Lipinski definition) is 3. The van der Waals surface area contributed by atoms with E-state index in [-0.39, 0.29) is 6.17 Å². The molecular formula is C17H16Cl2N2S. The van der Waals surface area contributed by atoms with Gasteiger partial charge in [0.1, 0.15) is 6.17 Å². The molecule has 0 amide bonds. The van der Waals surface area contributed by atoms with E-state index < -0.39 is 0 Å². The molecule has 0 spiro atoms. The van der Waals surface area contributed by atoms with Gasteiger partial charge >= 0.3 is 0 Å². The van der Waals surface area contributed by atoms with Gasteiger partial charge in [0.15, 0.2) is 0 Å². The van der Waals surface area contributed by atoms with Crippen molar-refractivity contribution in [3.8, 4) is 0 Å². The highest BCUT2D eigenvalue weighted by Crippen LogP contribution is 2.35. The lowest BCUT2D eigenvalue weighted by atomic mass is 10.1. The van der Waals surface area contributed by atoms with Gasteiger partial charge in [-0.15, -0.1) is 11.8 Å². The third-order valence-electron chi connectivity index (χ3n) is 3.51. The third kappa shape index (κ3) is 3.66. The van der Waals surface area contributed by atoms with Crippen LogP contribution in [0, 0.1) is 0 Å². The highest BCUT2D eigenvalue weighted by atomic mass is 35.5. The lowest BCUT2D eigenvalue weighted by Gasteiger charge is -2.20. The fraction of sp³-hybridized carbons (Fsp3) is 0.235. The van der Waals surface area contributed by atoms with Crippen LogP contribution in [0.25, 0.3) is 0 Å². The van der Waals surface area contributed by atoms with E-state index in [0.717, 1.165) is 24.3 Å². The Kier molecular flexibility index (Phi) is 5.42. The minimum Gasteiger partial charge on any atom is -0.292 e. The average Bonchev–Trinajstić information content (AvgIpc) is 2.56. The topological polar surface area (TPSA) is 24.4 Å². The summed E-state index contributed by atoms with van der Waals surface area (Å²) in [6.45, 7) is 0.962. The summed E-state index contributed by atoms with van der Waals surface area (Å²) in [5.74, 6) is 0.742. The smallest absolute Gasteiger partial charge is 0.126 e. The predicted octanol–water partition coefficient (Wildman–Crippen LogP) is 5.35. The molecule has 0 bridgehead atoms. The molecule has 22 heavy (non-hydrogen) atoms. The molecule has 0 saturated heterocycles. The fourth-order valence-corrected chi connectivity index (χ4v) is 4.19. The average molecular weight is 351 g/mol. The van der Waals surface area contributed by atoms with Gasteiger partial charge < -0.3 is 0 Å². The van der Waals surface area contributed by atoms with E-state index in [9.17, 15) is 0 Å². The van der Waals surface area contributed by atoms with Crippen LogP contribution in [0.5, 0.6) is 0 Å². The summed E-state index contributed by atoms with van der Waals surface area (Å²) in [4.78, 5) is 5.75. The number of nitrogens with one attached hydrogen (secondary N) is 1. The largest absolute Gasteiger partial charge is 0.292 e. The monoisotopic (exact) mass is 350 g/mol. The number of hydrogen-bond donors (Lipinski definition) is 1. The van der Waals surface area contributed by atoms with Crippen LogP contribution in [0.15, 0.2) is 52.4 Å². The quantitative estimate of drug-likeness (QED) is 0.751. The molecule has 0 aromatic heterocycles. The predicted molar refractivity (Wildman–Crippen MR) is 96.3 cm³/mol. The molecule has 2 nitrogen and oxygen atoms in total. The fourth-order valence-electron chi connectivity index (χ4n) is 2.37. The molecule has 1 aliphatic heterocycles. The molecule has 1 aliphatic rings. The van der Waals surface area contributed by atoms with E-state index in [1.807, 2.05) is 36.5 Å². The molecule has 3 rings (SSSR count). The summed E-state index contributed by atoms with van der Waals surface area (Å²) < 4.78 is 0. The van der Waals surface area contributed by atoms with E-state index in [4.69, 9.17) is 23.2 Å². The Labute approximate surface area is 144 Å². The Balaban J connectivity index is 1.81. The van der Waals surface area contributed by atoms with Crippen molar-refractivity contribution in [2.24, 2.45) is 4.99 Å². The number of aliphatic imine (C=N–C) groups is 1. The van der Waals surface area contributed by atoms with E-state index in [1.54, 1.807) is 11.8 Å². The van der Waals surface area contributed by atoms with Gasteiger partial charge in [0.05, 0.1) is 0 Å². The second-order valence-electron chi connectivity index (χ2n) is 5.00. The minimum absolute atomic E-state index is 0.0409. The lowest BCUT2D eigenvalue weighted by Crippen LogP contribution is -2.25. The normalized spacial score (nSPS) is 17.6. The van der Waals surface area contributed by atoms with Gasteiger partial charge in [-0.3, -0.25) is 10.3 Å². The summed E-state index contributed by atoms with van der Waals surface area (Å²) in [7, 11) is 0. The summed E-state index contributed by atoms with van der Waals surface area (Å²) in [5.41, 5.74) is 2.18. The van der Waals surface area contributed by atoms with Crippen LogP contribution in [-0.2, 0) is 5.75 Å². The van der Waals surface area contributed by atoms with Crippen LogP contribution in [0.1, 0.15) is 23.7 Å². The molecule has 0 saturated carbocycles. The lowest BCUT2D eigenvalue weighted by molar-refractivity contribution is 0.540. The second kappa shape index (κ2) is 7.51. The highest BCUT2D eigenvalue weighted by molar-refractivity contribution is 7.98. The zero-order valence-corrected chi connectivity index (χ0v) is 14.3. The first-order valence-corrected chi connectivity index (χ1v) is 8.89. The molecule has 1 N–H and O–H groups in total. The summed E-state index contributed by atoms with van der Waals surface area (Å²) in [6.07, 6.45) is 3.02. The van der Waals surface area contributed by atoms with Crippen LogP contribution < -0.4 is 5.32 Å². The van der Waals surface area contributed by atoms with Gasteiger partial charge in [0.2, 0.25) is 0 Å². The van der Waals surface area contributed by atoms with Crippen LogP contribution in [0.2, 0.25) is 10.0 Å². The van der Waals surface area contributed by atoms with Gasteiger partial charge in [-0.1, -0.05) is 47.5 Å². The van der Waals surface area contributed by atoms with Crippen LogP contribution in [0.3, 0.4) is 0 Å². The molecule has 0 radical (unpaired) electrons. The van der Waals surface area contributed by atoms with E-state index in [0.29, 0.717) is 10.0 Å². The van der Waals surface area contributed by atoms with Gasteiger partial charge in [0, 0.05) is 39.0 Å². The summed E-state index contributed by atoms with van der Waals surface area (Å²) in [5, 5.41) is 4.86. The first-order valence-electron chi connectivity index (χ1n) is 7.15. The van der Waals surface area contributed by atoms with Crippen molar-refractivity contribution in [2.75, 3.05) is 6.54 Å². The highest BCUT2D eigenvalue weighted by Gasteiger charge is 2.16. The van der Waals surface area contributed by atoms with E-state index in [1.165, 1.54) is 10.5 Å². The number of halogens is 2. The second-order valence-corrected chi connectivity index (χ2v) is 6.84. The summed E-state index contributed by atoms with van der Waals surface area (Å²) in [6, 6.07) is 14.0. The Morgan fingerprint density at radius 3 is 2.59 bits per heavy atom. The van der Waals surface area contributed by atoms with Gasteiger partial charge in [-0.2, -0.15) is 0 Å². The number of rotatable bonds is 4. The third-order valence-corrected chi connectivity index (χ3v) is 5.34. The standard InChI is InChI=1S/C17H16Cl2N2S/c18-14-6-3-7-15(19)13(14)11-22-16-8-2-1-5-12(16)17-20-9-4-10-21-17/h1-3,5-9,17,21H,4,10-11H2.